The Hall–Kier alpha value is -1.05. The van der Waals surface area contributed by atoms with Crippen molar-refractivity contribution in [2.24, 2.45) is 0 Å². The molecule has 1 aromatic rings. The van der Waals surface area contributed by atoms with Gasteiger partial charge in [0.2, 0.25) is 10.0 Å². The van der Waals surface area contributed by atoms with Crippen LogP contribution in [0.4, 0.5) is 8.78 Å². The van der Waals surface area contributed by atoms with E-state index in [-0.39, 0.29) is 24.2 Å². The number of hydrogen-bond donors (Lipinski definition) is 1. The van der Waals surface area contributed by atoms with E-state index in [1.165, 1.54) is 11.4 Å². The number of halogens is 2. The van der Waals surface area contributed by atoms with Crippen LogP contribution in [0, 0.1) is 11.6 Å². The predicted octanol–water partition coefficient (Wildman–Crippen LogP) is 2.25. The average Bonchev–Trinajstić information content (AvgIpc) is 3.21. The molecule has 1 fully saturated rings. The molecule has 7 heteroatoms. The molecule has 1 aromatic carbocycles. The van der Waals surface area contributed by atoms with Crippen molar-refractivity contribution in [2.75, 3.05) is 7.05 Å². The molecule has 0 bridgehead atoms. The topological polar surface area (TPSA) is 49.4 Å². The predicted molar refractivity (Wildman–Crippen MR) is 76.3 cm³/mol. The summed E-state index contributed by atoms with van der Waals surface area (Å²) in [5, 5.41) is 2.90. The van der Waals surface area contributed by atoms with Crippen LogP contribution in [0.3, 0.4) is 0 Å². The standard InChI is InChI=1S/C14H20F2N2O2S/c1-9(2)17-8-11-12(15)6-7-13(14(11)16)21(19,20)18(3)10-4-5-10/h6-7,9-10,17H,4-5,8H2,1-3H3. The molecule has 0 saturated heterocycles. The Morgan fingerprint density at radius 2 is 1.95 bits per heavy atom. The van der Waals surface area contributed by atoms with Gasteiger partial charge < -0.3 is 5.32 Å². The van der Waals surface area contributed by atoms with E-state index >= 15 is 0 Å². The fraction of sp³-hybridized carbons (Fsp3) is 0.571. The zero-order valence-corrected chi connectivity index (χ0v) is 13.2. The van der Waals surface area contributed by atoms with E-state index in [0.717, 1.165) is 25.0 Å². The molecule has 0 atom stereocenters. The van der Waals surface area contributed by atoms with Crippen LogP contribution in [0.2, 0.25) is 0 Å². The number of rotatable bonds is 6. The summed E-state index contributed by atoms with van der Waals surface area (Å²) in [5.41, 5.74) is -0.242. The number of benzene rings is 1. The maximum absolute atomic E-state index is 14.4. The summed E-state index contributed by atoms with van der Waals surface area (Å²) >= 11 is 0. The molecule has 1 aliphatic rings. The molecule has 1 aliphatic carbocycles. The third-order valence-corrected chi connectivity index (χ3v) is 5.48. The van der Waals surface area contributed by atoms with Crippen molar-refractivity contribution in [2.45, 2.75) is 50.2 Å². The van der Waals surface area contributed by atoms with Crippen molar-refractivity contribution in [3.63, 3.8) is 0 Å². The van der Waals surface area contributed by atoms with Gasteiger partial charge in [-0.05, 0) is 25.0 Å². The highest BCUT2D eigenvalue weighted by Gasteiger charge is 2.37. The fourth-order valence-electron chi connectivity index (χ4n) is 2.03. The maximum atomic E-state index is 14.4. The zero-order valence-electron chi connectivity index (χ0n) is 12.4. The van der Waals surface area contributed by atoms with Gasteiger partial charge in [-0.2, -0.15) is 4.31 Å². The van der Waals surface area contributed by atoms with E-state index in [2.05, 4.69) is 5.32 Å². The van der Waals surface area contributed by atoms with E-state index in [0.29, 0.717) is 0 Å². The van der Waals surface area contributed by atoms with Gasteiger partial charge in [0.1, 0.15) is 10.7 Å². The second kappa shape index (κ2) is 5.98. The lowest BCUT2D eigenvalue weighted by atomic mass is 10.2. The molecule has 0 amide bonds. The molecule has 118 valence electrons. The lowest BCUT2D eigenvalue weighted by molar-refractivity contribution is 0.452. The lowest BCUT2D eigenvalue weighted by Crippen LogP contribution is -2.30. The largest absolute Gasteiger partial charge is 0.310 e. The van der Waals surface area contributed by atoms with Crippen molar-refractivity contribution in [3.05, 3.63) is 29.3 Å². The SMILES string of the molecule is CC(C)NCc1c(F)ccc(S(=O)(=O)N(C)C2CC2)c1F. The quantitative estimate of drug-likeness (QED) is 0.875. The Balaban J connectivity index is 2.38. The molecule has 0 aliphatic heterocycles. The Labute approximate surface area is 124 Å². The smallest absolute Gasteiger partial charge is 0.245 e. The zero-order chi connectivity index (χ0) is 15.8. The van der Waals surface area contributed by atoms with Gasteiger partial charge in [0, 0.05) is 31.2 Å². The first kappa shape index (κ1) is 16.3. The molecular formula is C14H20F2N2O2S. The summed E-state index contributed by atoms with van der Waals surface area (Å²) in [5.74, 6) is -1.75. The Morgan fingerprint density at radius 1 is 1.33 bits per heavy atom. The highest BCUT2D eigenvalue weighted by molar-refractivity contribution is 7.89. The van der Waals surface area contributed by atoms with Gasteiger partial charge in [-0.25, -0.2) is 17.2 Å². The van der Waals surface area contributed by atoms with Crippen molar-refractivity contribution in [1.29, 1.82) is 0 Å². The third kappa shape index (κ3) is 3.41. The van der Waals surface area contributed by atoms with Gasteiger partial charge >= 0.3 is 0 Å². The van der Waals surface area contributed by atoms with Crippen LogP contribution < -0.4 is 5.32 Å². The molecule has 21 heavy (non-hydrogen) atoms. The second-order valence-electron chi connectivity index (χ2n) is 5.63. The Kier molecular flexibility index (Phi) is 4.65. The summed E-state index contributed by atoms with van der Waals surface area (Å²) in [6.07, 6.45) is 1.56. The monoisotopic (exact) mass is 318 g/mol. The number of hydrogen-bond acceptors (Lipinski definition) is 3. The van der Waals surface area contributed by atoms with Crippen LogP contribution in [-0.2, 0) is 16.6 Å². The van der Waals surface area contributed by atoms with Gasteiger partial charge in [0.15, 0.2) is 5.82 Å². The average molecular weight is 318 g/mol. The number of sulfonamides is 1. The van der Waals surface area contributed by atoms with E-state index in [9.17, 15) is 17.2 Å². The van der Waals surface area contributed by atoms with Crippen molar-refractivity contribution in [3.8, 4) is 0 Å². The van der Waals surface area contributed by atoms with Crippen LogP contribution in [0.5, 0.6) is 0 Å². The first-order valence-corrected chi connectivity index (χ1v) is 8.37. The summed E-state index contributed by atoms with van der Waals surface area (Å²) in [6.45, 7) is 3.64. The van der Waals surface area contributed by atoms with Gasteiger partial charge in [-0.15, -0.1) is 0 Å². The second-order valence-corrected chi connectivity index (χ2v) is 7.59. The van der Waals surface area contributed by atoms with E-state index in [1.807, 2.05) is 13.8 Å². The minimum absolute atomic E-state index is 0.0400. The molecule has 2 rings (SSSR count). The van der Waals surface area contributed by atoms with Crippen molar-refractivity contribution in [1.82, 2.24) is 9.62 Å². The molecule has 0 unspecified atom stereocenters. The minimum atomic E-state index is -3.92. The first-order valence-electron chi connectivity index (χ1n) is 6.93. The number of nitrogens with zero attached hydrogens (tertiary/aromatic N) is 1. The molecule has 1 N–H and O–H groups in total. The van der Waals surface area contributed by atoms with Crippen LogP contribution in [-0.4, -0.2) is 31.9 Å². The normalized spacial score (nSPS) is 16.0. The molecule has 0 radical (unpaired) electrons. The molecule has 0 heterocycles. The first-order chi connectivity index (χ1) is 9.75. The summed E-state index contributed by atoms with van der Waals surface area (Å²) in [6, 6.07) is 1.97. The molecule has 4 nitrogen and oxygen atoms in total. The van der Waals surface area contributed by atoms with Crippen molar-refractivity contribution >= 4 is 10.0 Å². The van der Waals surface area contributed by atoms with Gasteiger partial charge in [0.05, 0.1) is 0 Å². The molecule has 0 aromatic heterocycles. The fourth-order valence-corrected chi connectivity index (χ4v) is 3.54. The lowest BCUT2D eigenvalue weighted by Gasteiger charge is -2.18. The third-order valence-electron chi connectivity index (χ3n) is 3.56. The van der Waals surface area contributed by atoms with Crippen molar-refractivity contribution < 1.29 is 17.2 Å². The Morgan fingerprint density at radius 3 is 2.48 bits per heavy atom. The number of nitrogens with one attached hydrogen (secondary N) is 1. The maximum Gasteiger partial charge on any atom is 0.245 e. The summed E-state index contributed by atoms with van der Waals surface area (Å²) in [7, 11) is -2.49. The van der Waals surface area contributed by atoms with E-state index in [4.69, 9.17) is 0 Å². The van der Waals surface area contributed by atoms with E-state index < -0.39 is 26.6 Å². The van der Waals surface area contributed by atoms with Crippen LogP contribution in [0.25, 0.3) is 0 Å². The summed E-state index contributed by atoms with van der Waals surface area (Å²) < 4.78 is 54.1. The molecular weight excluding hydrogens is 298 g/mol. The van der Waals surface area contributed by atoms with Gasteiger partial charge in [-0.3, -0.25) is 0 Å². The van der Waals surface area contributed by atoms with Crippen LogP contribution in [0.1, 0.15) is 32.3 Å². The highest BCUT2D eigenvalue weighted by Crippen LogP contribution is 2.32. The van der Waals surface area contributed by atoms with Gasteiger partial charge in [0.25, 0.3) is 0 Å². The molecule has 0 spiro atoms. The minimum Gasteiger partial charge on any atom is -0.310 e. The Bertz CT molecular complexity index is 628. The summed E-state index contributed by atoms with van der Waals surface area (Å²) in [4.78, 5) is -0.459. The molecule has 1 saturated carbocycles. The highest BCUT2D eigenvalue weighted by atomic mass is 32.2. The van der Waals surface area contributed by atoms with Crippen LogP contribution >= 0.6 is 0 Å². The van der Waals surface area contributed by atoms with E-state index in [1.54, 1.807) is 0 Å². The van der Waals surface area contributed by atoms with Crippen LogP contribution in [0.15, 0.2) is 17.0 Å². The van der Waals surface area contributed by atoms with Gasteiger partial charge in [-0.1, -0.05) is 13.8 Å².